The van der Waals surface area contributed by atoms with Crippen molar-refractivity contribution in [1.82, 2.24) is 15.3 Å². The van der Waals surface area contributed by atoms with Crippen LogP contribution in [0.4, 0.5) is 0 Å². The highest BCUT2D eigenvalue weighted by Gasteiger charge is 2.28. The number of benzene rings is 1. The Bertz CT molecular complexity index is 794. The first kappa shape index (κ1) is 18.9. The molecule has 0 spiro atoms. The second-order valence-electron chi connectivity index (χ2n) is 7.09. The van der Waals surface area contributed by atoms with Gasteiger partial charge in [-0.2, -0.15) is 0 Å². The van der Waals surface area contributed by atoms with Crippen LogP contribution in [0.1, 0.15) is 49.8 Å². The zero-order valence-electron chi connectivity index (χ0n) is 15.6. The van der Waals surface area contributed by atoms with E-state index in [9.17, 15) is 9.59 Å². The largest absolute Gasteiger partial charge is 0.353 e. The molecule has 134 valence electrons. The number of aromatic nitrogens is 2. The molecule has 1 atom stereocenters. The zero-order chi connectivity index (χ0) is 18.6. The third-order valence-electron chi connectivity index (χ3n) is 4.92. The number of H-pyrrole nitrogens is 1. The van der Waals surface area contributed by atoms with Gasteiger partial charge >= 0.3 is 0 Å². The zero-order valence-corrected chi connectivity index (χ0v) is 15.6. The molecule has 0 bridgehead atoms. The van der Waals surface area contributed by atoms with Gasteiger partial charge in [0.1, 0.15) is 5.82 Å². The molecule has 0 unspecified atom stereocenters. The van der Waals surface area contributed by atoms with Gasteiger partial charge < -0.3 is 10.3 Å². The van der Waals surface area contributed by atoms with E-state index in [-0.39, 0.29) is 29.3 Å². The Morgan fingerprint density at radius 2 is 1.88 bits per heavy atom. The molecule has 5 nitrogen and oxygen atoms in total. The minimum Gasteiger partial charge on any atom is -0.353 e. The first-order valence-electron chi connectivity index (χ1n) is 8.63. The van der Waals surface area contributed by atoms with Gasteiger partial charge in [0.05, 0.1) is 0 Å². The average molecular weight is 341 g/mol. The van der Waals surface area contributed by atoms with Crippen molar-refractivity contribution in [3.05, 3.63) is 63.3 Å². The summed E-state index contributed by atoms with van der Waals surface area (Å²) in [4.78, 5) is 31.3. The summed E-state index contributed by atoms with van der Waals surface area (Å²) in [7, 11) is 0. The van der Waals surface area contributed by atoms with E-state index in [0.29, 0.717) is 23.5 Å². The lowest BCUT2D eigenvalue weighted by Gasteiger charge is -2.33. The van der Waals surface area contributed by atoms with E-state index in [4.69, 9.17) is 0 Å². The number of aryl methyl sites for hydroxylation is 2. The van der Waals surface area contributed by atoms with Gasteiger partial charge in [-0.05, 0) is 32.8 Å². The summed E-state index contributed by atoms with van der Waals surface area (Å²) in [6, 6.07) is 10.1. The van der Waals surface area contributed by atoms with E-state index in [1.165, 1.54) is 5.56 Å². The molecular formula is C20H27N3O2. The van der Waals surface area contributed by atoms with E-state index in [0.717, 1.165) is 0 Å². The Balaban J connectivity index is 2.00. The molecule has 2 N–H and O–H groups in total. The van der Waals surface area contributed by atoms with Crippen molar-refractivity contribution in [3.8, 4) is 0 Å². The highest BCUT2D eigenvalue weighted by Crippen LogP contribution is 2.26. The van der Waals surface area contributed by atoms with Crippen molar-refractivity contribution in [1.29, 1.82) is 0 Å². The van der Waals surface area contributed by atoms with Gasteiger partial charge in [0.2, 0.25) is 5.91 Å². The summed E-state index contributed by atoms with van der Waals surface area (Å²) in [5, 5.41) is 3.07. The van der Waals surface area contributed by atoms with Gasteiger partial charge in [-0.1, -0.05) is 44.2 Å². The molecule has 1 heterocycles. The molecule has 0 aliphatic carbocycles. The van der Waals surface area contributed by atoms with Crippen molar-refractivity contribution in [2.75, 3.05) is 0 Å². The van der Waals surface area contributed by atoms with Crippen molar-refractivity contribution < 1.29 is 4.79 Å². The third-order valence-corrected chi connectivity index (χ3v) is 4.92. The molecule has 1 aromatic heterocycles. The lowest BCUT2D eigenvalue weighted by atomic mass is 9.78. The molecule has 25 heavy (non-hydrogen) atoms. The number of hydrogen-bond acceptors (Lipinski definition) is 3. The van der Waals surface area contributed by atoms with Gasteiger partial charge in [-0.15, -0.1) is 0 Å². The minimum absolute atomic E-state index is 0.0297. The number of nitrogens with zero attached hydrogens (tertiary/aromatic N) is 1. The Kier molecular flexibility index (Phi) is 5.77. The highest BCUT2D eigenvalue weighted by atomic mass is 16.1. The number of rotatable bonds is 6. The van der Waals surface area contributed by atoms with Gasteiger partial charge in [-0.25, -0.2) is 4.98 Å². The topological polar surface area (TPSA) is 74.8 Å². The maximum Gasteiger partial charge on any atom is 0.254 e. The Hall–Kier alpha value is -2.43. The minimum atomic E-state index is -0.185. The predicted octanol–water partition coefficient (Wildman–Crippen LogP) is 2.80. The van der Waals surface area contributed by atoms with Gasteiger partial charge in [0.25, 0.3) is 5.56 Å². The highest BCUT2D eigenvalue weighted by molar-refractivity contribution is 5.76. The Morgan fingerprint density at radius 1 is 1.24 bits per heavy atom. The van der Waals surface area contributed by atoms with Crippen molar-refractivity contribution in [3.63, 3.8) is 0 Å². The van der Waals surface area contributed by atoms with Crippen LogP contribution in [0, 0.1) is 13.8 Å². The van der Waals surface area contributed by atoms with Crippen LogP contribution in [0.3, 0.4) is 0 Å². The molecule has 0 saturated heterocycles. The summed E-state index contributed by atoms with van der Waals surface area (Å²) >= 11 is 0. The number of amides is 1. The van der Waals surface area contributed by atoms with E-state index >= 15 is 0 Å². The molecule has 2 rings (SSSR count). The van der Waals surface area contributed by atoms with Crippen LogP contribution >= 0.6 is 0 Å². The second kappa shape index (κ2) is 7.64. The van der Waals surface area contributed by atoms with E-state index < -0.39 is 0 Å². The van der Waals surface area contributed by atoms with E-state index in [2.05, 4.69) is 41.3 Å². The van der Waals surface area contributed by atoms with Crippen LogP contribution in [0.25, 0.3) is 0 Å². The lowest BCUT2D eigenvalue weighted by molar-refractivity contribution is -0.122. The van der Waals surface area contributed by atoms with Crippen LogP contribution in [0.2, 0.25) is 0 Å². The monoisotopic (exact) mass is 341 g/mol. The Morgan fingerprint density at radius 3 is 2.48 bits per heavy atom. The normalized spacial score (nSPS) is 12.7. The van der Waals surface area contributed by atoms with Crippen molar-refractivity contribution in [2.24, 2.45) is 0 Å². The molecule has 1 amide bonds. The summed E-state index contributed by atoms with van der Waals surface area (Å²) in [6.45, 7) is 9.79. The number of carbonyl (C=O) groups excluding carboxylic acids is 1. The van der Waals surface area contributed by atoms with Crippen molar-refractivity contribution in [2.45, 2.75) is 58.9 Å². The molecular weight excluding hydrogens is 314 g/mol. The summed E-state index contributed by atoms with van der Waals surface area (Å²) < 4.78 is 0. The predicted molar refractivity (Wildman–Crippen MR) is 99.7 cm³/mol. The summed E-state index contributed by atoms with van der Waals surface area (Å²) in [5.74, 6) is 0.532. The number of carbonyl (C=O) groups is 1. The maximum atomic E-state index is 12.4. The number of aromatic amines is 1. The number of nitrogens with one attached hydrogen (secondary N) is 2. The Labute approximate surface area is 148 Å². The summed E-state index contributed by atoms with van der Waals surface area (Å²) in [6.07, 6.45) is 0.655. The molecule has 0 aliphatic rings. The SMILES string of the molecule is Cc1nc(C)c(CCC(=O)N[C@H](C)C(C)(C)c2ccccc2)c(=O)[nH]1. The van der Waals surface area contributed by atoms with Crippen LogP contribution in [-0.4, -0.2) is 21.9 Å². The first-order valence-corrected chi connectivity index (χ1v) is 8.63. The lowest BCUT2D eigenvalue weighted by Crippen LogP contribution is -2.45. The molecule has 2 aromatic rings. The van der Waals surface area contributed by atoms with Crippen molar-refractivity contribution >= 4 is 5.91 Å². The first-order chi connectivity index (χ1) is 11.7. The molecule has 5 heteroatoms. The summed E-state index contributed by atoms with van der Waals surface area (Å²) in [5.41, 5.74) is 2.10. The standard InChI is InChI=1S/C20H27N3O2/c1-13-17(19(25)23-15(3)21-13)11-12-18(24)22-14(2)20(4,5)16-9-7-6-8-10-16/h6-10,14H,11-12H2,1-5H3,(H,22,24)(H,21,23,25)/t14-/m1/s1. The van der Waals surface area contributed by atoms with Gasteiger partial charge in [0, 0.05) is 29.1 Å². The fourth-order valence-electron chi connectivity index (χ4n) is 2.90. The fraction of sp³-hybridized carbons (Fsp3) is 0.450. The number of hydrogen-bond donors (Lipinski definition) is 2. The van der Waals surface area contributed by atoms with Gasteiger partial charge in [0.15, 0.2) is 0 Å². The third kappa shape index (κ3) is 4.56. The molecule has 0 saturated carbocycles. The molecule has 1 aromatic carbocycles. The smallest absolute Gasteiger partial charge is 0.254 e. The van der Waals surface area contributed by atoms with Gasteiger partial charge in [-0.3, -0.25) is 9.59 Å². The van der Waals surface area contributed by atoms with Crippen LogP contribution in [-0.2, 0) is 16.6 Å². The second-order valence-corrected chi connectivity index (χ2v) is 7.09. The molecule has 0 fully saturated rings. The van der Waals surface area contributed by atoms with Crippen LogP contribution < -0.4 is 10.9 Å². The average Bonchev–Trinajstić information content (AvgIpc) is 2.54. The van der Waals surface area contributed by atoms with E-state index in [1.54, 1.807) is 13.8 Å². The fourth-order valence-corrected chi connectivity index (χ4v) is 2.90. The van der Waals surface area contributed by atoms with E-state index in [1.807, 2.05) is 25.1 Å². The van der Waals surface area contributed by atoms with Crippen LogP contribution in [0.15, 0.2) is 35.1 Å². The molecule has 0 radical (unpaired) electrons. The molecule has 0 aliphatic heterocycles. The van der Waals surface area contributed by atoms with Crippen LogP contribution in [0.5, 0.6) is 0 Å². The quantitative estimate of drug-likeness (QED) is 0.848. The maximum absolute atomic E-state index is 12.4.